The lowest BCUT2D eigenvalue weighted by Gasteiger charge is -2.38. The molecule has 1 aliphatic rings. The minimum absolute atomic E-state index is 0.0269. The van der Waals surface area contributed by atoms with Gasteiger partial charge in [-0.2, -0.15) is 0 Å². The number of aliphatic carboxylic acids is 1. The first kappa shape index (κ1) is 15.8. The molecular formula is C13H24N2O4. The fourth-order valence-electron chi connectivity index (χ4n) is 2.35. The third kappa shape index (κ3) is 4.09. The topological polar surface area (TPSA) is 70.1 Å². The number of amides is 2. The van der Waals surface area contributed by atoms with E-state index in [0.717, 1.165) is 12.8 Å². The average molecular weight is 272 g/mol. The quantitative estimate of drug-likeness (QED) is 0.821. The normalized spacial score (nSPS) is 19.6. The summed E-state index contributed by atoms with van der Waals surface area (Å²) in [6, 6.07) is -0.858. The van der Waals surface area contributed by atoms with E-state index in [4.69, 9.17) is 4.74 Å². The summed E-state index contributed by atoms with van der Waals surface area (Å²) in [5, 5.41) is 9.22. The Morgan fingerprint density at radius 1 is 1.42 bits per heavy atom. The molecule has 0 aliphatic carbocycles. The van der Waals surface area contributed by atoms with Crippen LogP contribution in [0.25, 0.3) is 0 Å². The minimum Gasteiger partial charge on any atom is -0.480 e. The molecule has 1 saturated heterocycles. The first-order valence-electron chi connectivity index (χ1n) is 6.78. The first-order chi connectivity index (χ1) is 8.99. The van der Waals surface area contributed by atoms with Crippen molar-refractivity contribution in [3.05, 3.63) is 0 Å². The van der Waals surface area contributed by atoms with E-state index in [1.165, 1.54) is 4.90 Å². The summed E-state index contributed by atoms with van der Waals surface area (Å²) >= 11 is 0. The summed E-state index contributed by atoms with van der Waals surface area (Å²) in [5.41, 5.74) is 0. The van der Waals surface area contributed by atoms with Gasteiger partial charge in [0.25, 0.3) is 0 Å². The number of piperidine rings is 1. The van der Waals surface area contributed by atoms with Gasteiger partial charge in [-0.1, -0.05) is 0 Å². The highest BCUT2D eigenvalue weighted by Gasteiger charge is 2.34. The Bertz CT molecular complexity index is 320. The number of carbonyl (C=O) groups is 2. The van der Waals surface area contributed by atoms with Crippen molar-refractivity contribution in [2.75, 3.05) is 26.8 Å². The lowest BCUT2D eigenvalue weighted by Crippen LogP contribution is -2.55. The van der Waals surface area contributed by atoms with E-state index in [0.29, 0.717) is 26.1 Å². The van der Waals surface area contributed by atoms with E-state index in [1.54, 1.807) is 12.0 Å². The summed E-state index contributed by atoms with van der Waals surface area (Å²) in [4.78, 5) is 26.9. The van der Waals surface area contributed by atoms with E-state index in [-0.39, 0.29) is 12.1 Å². The van der Waals surface area contributed by atoms with Crippen molar-refractivity contribution < 1.29 is 19.4 Å². The molecule has 0 aromatic heterocycles. The Balaban J connectivity index is 2.78. The van der Waals surface area contributed by atoms with Crippen molar-refractivity contribution >= 4 is 12.0 Å². The van der Waals surface area contributed by atoms with Gasteiger partial charge in [0.05, 0.1) is 6.61 Å². The molecular weight excluding hydrogens is 248 g/mol. The van der Waals surface area contributed by atoms with Gasteiger partial charge < -0.3 is 19.6 Å². The highest BCUT2D eigenvalue weighted by atomic mass is 16.5. The number of likely N-dealkylation sites (tertiary alicyclic amines) is 1. The molecule has 1 N–H and O–H groups in total. The zero-order valence-electron chi connectivity index (χ0n) is 12.0. The van der Waals surface area contributed by atoms with E-state index < -0.39 is 12.0 Å². The van der Waals surface area contributed by atoms with Gasteiger partial charge in [-0.3, -0.25) is 0 Å². The molecule has 0 radical (unpaired) electrons. The molecule has 2 amide bonds. The van der Waals surface area contributed by atoms with Crippen LogP contribution < -0.4 is 0 Å². The molecule has 110 valence electrons. The predicted molar refractivity (Wildman–Crippen MR) is 71.1 cm³/mol. The van der Waals surface area contributed by atoms with Crippen LogP contribution in [0.4, 0.5) is 4.79 Å². The van der Waals surface area contributed by atoms with Gasteiger partial charge in [0, 0.05) is 26.2 Å². The van der Waals surface area contributed by atoms with E-state index in [9.17, 15) is 14.7 Å². The molecule has 1 aliphatic heterocycles. The maximum absolute atomic E-state index is 12.5. The molecule has 19 heavy (non-hydrogen) atoms. The first-order valence-corrected chi connectivity index (χ1v) is 6.78. The van der Waals surface area contributed by atoms with E-state index in [1.807, 2.05) is 13.8 Å². The summed E-state index contributed by atoms with van der Waals surface area (Å²) in [6.07, 6.45) is 2.27. The van der Waals surface area contributed by atoms with Crippen molar-refractivity contribution in [3.8, 4) is 0 Å². The monoisotopic (exact) mass is 272 g/mol. The second-order valence-electron chi connectivity index (χ2n) is 5.11. The summed E-state index contributed by atoms with van der Waals surface area (Å²) in [6.45, 7) is 5.30. The number of carboxylic acids is 1. The van der Waals surface area contributed by atoms with Crippen molar-refractivity contribution in [2.45, 2.75) is 45.2 Å². The van der Waals surface area contributed by atoms with E-state index in [2.05, 4.69) is 0 Å². The number of rotatable bonds is 5. The second kappa shape index (κ2) is 7.33. The van der Waals surface area contributed by atoms with Crippen molar-refractivity contribution in [2.24, 2.45) is 0 Å². The predicted octanol–water partition coefficient (Wildman–Crippen LogP) is 1.40. The molecule has 1 unspecified atom stereocenters. The molecule has 0 aromatic carbocycles. The zero-order chi connectivity index (χ0) is 14.4. The smallest absolute Gasteiger partial charge is 0.326 e. The SMILES string of the molecule is COCCN(C(=O)N1CCCCC1C(=O)O)C(C)C. The van der Waals surface area contributed by atoms with Gasteiger partial charge in [-0.15, -0.1) is 0 Å². The van der Waals surface area contributed by atoms with Crippen molar-refractivity contribution in [3.63, 3.8) is 0 Å². The Morgan fingerprint density at radius 3 is 2.63 bits per heavy atom. The van der Waals surface area contributed by atoms with Gasteiger partial charge in [-0.05, 0) is 33.1 Å². The fraction of sp³-hybridized carbons (Fsp3) is 0.846. The number of urea groups is 1. The van der Waals surface area contributed by atoms with Crippen LogP contribution in [-0.4, -0.2) is 65.8 Å². The fourth-order valence-corrected chi connectivity index (χ4v) is 2.35. The third-order valence-corrected chi connectivity index (χ3v) is 3.44. The van der Waals surface area contributed by atoms with Crippen LogP contribution >= 0.6 is 0 Å². The third-order valence-electron chi connectivity index (χ3n) is 3.44. The maximum atomic E-state index is 12.5. The van der Waals surface area contributed by atoms with E-state index >= 15 is 0 Å². The Hall–Kier alpha value is -1.30. The number of ether oxygens (including phenoxy) is 1. The molecule has 6 nitrogen and oxygen atoms in total. The van der Waals surface area contributed by atoms with Crippen molar-refractivity contribution in [1.29, 1.82) is 0 Å². The standard InChI is InChI=1S/C13H24N2O4/c1-10(2)14(8-9-19-3)13(18)15-7-5-4-6-11(15)12(16)17/h10-11H,4-9H2,1-3H3,(H,16,17). The maximum Gasteiger partial charge on any atom is 0.326 e. The summed E-state index contributed by atoms with van der Waals surface area (Å²) in [7, 11) is 1.59. The van der Waals surface area contributed by atoms with Gasteiger partial charge in [0.1, 0.15) is 6.04 Å². The molecule has 0 spiro atoms. The average Bonchev–Trinajstić information content (AvgIpc) is 2.38. The minimum atomic E-state index is -0.913. The Morgan fingerprint density at radius 2 is 2.11 bits per heavy atom. The number of carboxylic acid groups (broad SMARTS) is 1. The molecule has 1 fully saturated rings. The Kier molecular flexibility index (Phi) is 6.08. The van der Waals surface area contributed by atoms with Crippen LogP contribution in [0, 0.1) is 0 Å². The van der Waals surface area contributed by atoms with Crippen LogP contribution in [0.15, 0.2) is 0 Å². The molecule has 1 heterocycles. The molecule has 0 bridgehead atoms. The summed E-state index contributed by atoms with van der Waals surface area (Å²) < 4.78 is 5.01. The number of hydrogen-bond donors (Lipinski definition) is 1. The van der Waals surface area contributed by atoms with Crippen molar-refractivity contribution in [1.82, 2.24) is 9.80 Å². The van der Waals surface area contributed by atoms with Gasteiger partial charge in [-0.25, -0.2) is 9.59 Å². The highest BCUT2D eigenvalue weighted by molar-refractivity contribution is 5.83. The number of methoxy groups -OCH3 is 1. The van der Waals surface area contributed by atoms with Gasteiger partial charge >= 0.3 is 12.0 Å². The number of hydrogen-bond acceptors (Lipinski definition) is 3. The highest BCUT2D eigenvalue weighted by Crippen LogP contribution is 2.19. The summed E-state index contributed by atoms with van der Waals surface area (Å²) in [5.74, 6) is -0.913. The second-order valence-corrected chi connectivity index (χ2v) is 5.11. The number of carbonyl (C=O) groups excluding carboxylic acids is 1. The molecule has 1 atom stereocenters. The van der Waals surface area contributed by atoms with Crippen LogP contribution in [0.2, 0.25) is 0 Å². The lowest BCUT2D eigenvalue weighted by molar-refractivity contribution is -0.143. The molecule has 6 heteroatoms. The Labute approximate surface area is 114 Å². The van der Waals surface area contributed by atoms with Crippen LogP contribution in [0.3, 0.4) is 0 Å². The van der Waals surface area contributed by atoms with Gasteiger partial charge in [0.15, 0.2) is 0 Å². The largest absolute Gasteiger partial charge is 0.480 e. The molecule has 1 rings (SSSR count). The van der Waals surface area contributed by atoms with Crippen LogP contribution in [-0.2, 0) is 9.53 Å². The zero-order valence-corrected chi connectivity index (χ0v) is 12.0. The van der Waals surface area contributed by atoms with Gasteiger partial charge in [0.2, 0.25) is 0 Å². The van der Waals surface area contributed by atoms with Crippen LogP contribution in [0.5, 0.6) is 0 Å². The van der Waals surface area contributed by atoms with Crippen LogP contribution in [0.1, 0.15) is 33.1 Å². The number of nitrogens with zero attached hydrogens (tertiary/aromatic N) is 2. The lowest BCUT2D eigenvalue weighted by atomic mass is 10.0. The molecule has 0 aromatic rings. The molecule has 0 saturated carbocycles.